The van der Waals surface area contributed by atoms with Gasteiger partial charge in [-0.3, -0.25) is 9.13 Å². The molecule has 1 rings (SSSR count). The van der Waals surface area contributed by atoms with E-state index in [0.717, 1.165) is 11.4 Å². The quantitative estimate of drug-likeness (QED) is 0.266. The zero-order valence-corrected chi connectivity index (χ0v) is 11.9. The first kappa shape index (κ1) is 21.0. The van der Waals surface area contributed by atoms with E-state index in [9.17, 15) is 0 Å². The first-order valence-corrected chi connectivity index (χ1v) is 7.60. The molecule has 0 atom stereocenters. The molecule has 0 spiro atoms. The smallest absolute Gasteiger partial charge is 0.262 e. The third-order valence-electron chi connectivity index (χ3n) is 1.12. The molecule has 0 bridgehead atoms. The Bertz CT molecular complexity index is 450. The fraction of sp³-hybridized carbons (Fsp3) is 0. The van der Waals surface area contributed by atoms with Crippen LogP contribution < -0.4 is 21.3 Å². The normalized spacial score (nSPS) is 10.8. The highest BCUT2D eigenvalue weighted by Crippen LogP contribution is 2.19. The minimum absolute atomic E-state index is 0.683. The van der Waals surface area contributed by atoms with Gasteiger partial charge < -0.3 is 40.8 Å². The maximum absolute atomic E-state index is 8.77. The fourth-order valence-electron chi connectivity index (χ4n) is 0.591. The number of quaternary nitrogens is 2. The molecule has 10 N–H and O–H groups in total. The maximum atomic E-state index is 8.77. The van der Waals surface area contributed by atoms with Crippen molar-refractivity contribution < 1.29 is 50.0 Å². The molecule has 13 heteroatoms. The Morgan fingerprint density at radius 2 is 1.32 bits per heavy atom. The van der Waals surface area contributed by atoms with Gasteiger partial charge in [0.2, 0.25) is 0 Å². The molecule has 1 aromatic carbocycles. The lowest BCUT2D eigenvalue weighted by atomic mass is 10.3. The summed E-state index contributed by atoms with van der Waals surface area (Å²) in [5, 5.41) is 0.683. The van der Waals surface area contributed by atoms with Crippen molar-refractivity contribution in [2.75, 3.05) is 0 Å². The molecule has 112 valence electrons. The average Bonchev–Trinajstić information content (AvgIpc) is 2.06. The zero-order valence-electron chi connectivity index (χ0n) is 9.34. The highest BCUT2D eigenvalue weighted by molar-refractivity contribution is 7.43. The summed E-state index contributed by atoms with van der Waals surface area (Å²) in [6, 6.07) is 5.53. The number of phosphoric acid groups is 2. The van der Waals surface area contributed by atoms with Gasteiger partial charge in [-0.15, -0.1) is 0 Å². The Labute approximate surface area is 112 Å². The van der Waals surface area contributed by atoms with Crippen LogP contribution in [-0.2, 0) is 9.13 Å². The predicted molar refractivity (Wildman–Crippen MR) is 60.6 cm³/mol. The van der Waals surface area contributed by atoms with Crippen LogP contribution in [0.15, 0.2) is 18.2 Å². The van der Waals surface area contributed by atoms with Crippen LogP contribution in [0.3, 0.4) is 0 Å². The van der Waals surface area contributed by atoms with Gasteiger partial charge in [0.1, 0.15) is 16.4 Å². The van der Waals surface area contributed by atoms with Gasteiger partial charge in [-0.25, -0.2) is 0 Å². The molecular weight excluding hydrogens is 325 g/mol. The summed E-state index contributed by atoms with van der Waals surface area (Å²) >= 11 is 5.71. The molecule has 0 saturated carbocycles. The second kappa shape index (κ2) is 8.75. The van der Waals surface area contributed by atoms with E-state index < -0.39 is 15.6 Å². The van der Waals surface area contributed by atoms with E-state index >= 15 is 0 Å². The van der Waals surface area contributed by atoms with Crippen LogP contribution in [0.1, 0.15) is 0 Å². The largest absolute Gasteiger partial charge is 0.756 e. The van der Waals surface area contributed by atoms with Crippen molar-refractivity contribution in [2.45, 2.75) is 0 Å². The fourth-order valence-corrected chi connectivity index (χ4v) is 0.794. The van der Waals surface area contributed by atoms with Gasteiger partial charge in [-0.2, -0.15) is 0 Å². The molecule has 0 aliphatic rings. The molecule has 0 heterocycles. The Morgan fingerprint density at radius 3 is 1.53 bits per heavy atom. The summed E-state index contributed by atoms with van der Waals surface area (Å²) < 4.78 is 17.5. The van der Waals surface area contributed by atoms with Crippen LogP contribution in [-0.4, -0.2) is 19.6 Å². The highest BCUT2D eigenvalue weighted by atomic mass is 35.5. The van der Waals surface area contributed by atoms with Crippen LogP contribution in [0.5, 0.6) is 0 Å². The van der Waals surface area contributed by atoms with Gasteiger partial charge in [0, 0.05) is 18.2 Å². The van der Waals surface area contributed by atoms with Crippen molar-refractivity contribution in [1.29, 1.82) is 0 Å². The molecule has 0 aliphatic carbocycles. The van der Waals surface area contributed by atoms with Crippen molar-refractivity contribution in [3.05, 3.63) is 23.2 Å². The molecule has 0 unspecified atom stereocenters. The number of rotatable bonds is 0. The molecule has 0 fully saturated rings. The Kier molecular flexibility index (Phi) is 9.65. The Hall–Kier alpha value is -0.350. The lowest BCUT2D eigenvalue weighted by molar-refractivity contribution is -0.260. The van der Waals surface area contributed by atoms with E-state index in [4.69, 9.17) is 50.1 Å². The van der Waals surface area contributed by atoms with Gasteiger partial charge in [0.05, 0.1) is 0 Å². The maximum Gasteiger partial charge on any atom is 0.262 e. The molecule has 1 aromatic rings. The van der Waals surface area contributed by atoms with Crippen molar-refractivity contribution in [3.63, 3.8) is 0 Å². The van der Waals surface area contributed by atoms with Crippen LogP contribution in [0.4, 0.5) is 11.4 Å². The van der Waals surface area contributed by atoms with E-state index in [-0.39, 0.29) is 0 Å². The van der Waals surface area contributed by atoms with Crippen LogP contribution in [0.25, 0.3) is 0 Å². The van der Waals surface area contributed by atoms with E-state index in [1.54, 1.807) is 6.07 Å². The van der Waals surface area contributed by atoms with Crippen molar-refractivity contribution in [2.24, 2.45) is 0 Å². The Balaban J connectivity index is 0. The van der Waals surface area contributed by atoms with E-state index in [1.165, 1.54) is 0 Å². The van der Waals surface area contributed by atoms with Gasteiger partial charge in [0.15, 0.2) is 0 Å². The number of hydrogen-bond donors (Lipinski definition) is 6. The molecule has 0 aliphatic heterocycles. The van der Waals surface area contributed by atoms with Crippen molar-refractivity contribution in [1.82, 2.24) is 0 Å². The van der Waals surface area contributed by atoms with E-state index in [1.807, 2.05) is 12.1 Å². The molecular formula is C6H13ClN2O8P2. The zero-order chi connectivity index (χ0) is 15.9. The monoisotopic (exact) mass is 338 g/mol. The average molecular weight is 339 g/mol. The van der Waals surface area contributed by atoms with E-state index in [0.29, 0.717) is 5.02 Å². The summed E-state index contributed by atoms with van der Waals surface area (Å²) in [6.45, 7) is 0. The Morgan fingerprint density at radius 1 is 1.00 bits per heavy atom. The summed E-state index contributed by atoms with van der Waals surface area (Å²) in [4.78, 5) is 45.8. The second-order valence-corrected chi connectivity index (χ2v) is 5.28. The first-order chi connectivity index (χ1) is 8.20. The van der Waals surface area contributed by atoms with Crippen molar-refractivity contribution >= 4 is 38.6 Å². The number of halogens is 1. The topological polar surface area (TPSA) is 216 Å². The standard InChI is InChI=1S/C6H7ClN2.2H3O4P/c7-5-3-4(8)1-2-6(5)9;2*1-5(2,3)4/h1-3H,8-9H2;2*(H3,1,2,3,4). The van der Waals surface area contributed by atoms with Crippen LogP contribution in [0.2, 0.25) is 5.02 Å². The summed E-state index contributed by atoms with van der Waals surface area (Å²) in [6.07, 6.45) is 0. The highest BCUT2D eigenvalue weighted by Gasteiger charge is 1.98. The molecule has 0 radical (unpaired) electrons. The summed E-state index contributed by atoms with van der Waals surface area (Å²) in [7, 11) is -9.78. The molecule has 10 nitrogen and oxygen atoms in total. The first-order valence-electron chi connectivity index (χ1n) is 4.16. The second-order valence-electron chi connectivity index (χ2n) is 2.91. The molecule has 19 heavy (non-hydrogen) atoms. The summed E-state index contributed by atoms with van der Waals surface area (Å²) in [5.74, 6) is 0. The van der Waals surface area contributed by atoms with Gasteiger partial charge in [-0.1, -0.05) is 11.6 Å². The minimum atomic E-state index is -4.89. The van der Waals surface area contributed by atoms with Gasteiger partial charge in [-0.05, 0) is 0 Å². The predicted octanol–water partition coefficient (Wildman–Crippen LogP) is -3.03. The van der Waals surface area contributed by atoms with Crippen molar-refractivity contribution in [3.8, 4) is 0 Å². The van der Waals surface area contributed by atoms with Crippen LogP contribution in [0, 0.1) is 0 Å². The van der Waals surface area contributed by atoms with Gasteiger partial charge in [0.25, 0.3) is 15.6 Å². The number of hydrogen-bond acceptors (Lipinski definition) is 4. The van der Waals surface area contributed by atoms with Crippen LogP contribution >= 0.6 is 27.2 Å². The molecule has 0 amide bonds. The SMILES string of the molecule is O=P([O-])(O)O.O=P([O-])(O)O.[NH3+]c1ccc([NH3+])c(Cl)c1. The van der Waals surface area contributed by atoms with Gasteiger partial charge >= 0.3 is 0 Å². The third kappa shape index (κ3) is 27.0. The minimum Gasteiger partial charge on any atom is -0.756 e. The lowest BCUT2D eigenvalue weighted by Crippen LogP contribution is -2.43. The molecule has 0 aromatic heterocycles. The summed E-state index contributed by atoms with van der Waals surface area (Å²) in [5.41, 5.74) is 9.19. The van der Waals surface area contributed by atoms with E-state index in [2.05, 4.69) is 11.5 Å². The third-order valence-corrected chi connectivity index (χ3v) is 1.47. The molecule has 0 saturated heterocycles. The number of benzene rings is 1. The lowest BCUT2D eigenvalue weighted by Gasteiger charge is -2.01.